The summed E-state index contributed by atoms with van der Waals surface area (Å²) in [4.78, 5) is 23.4. The molecule has 0 aliphatic carbocycles. The van der Waals surface area contributed by atoms with E-state index in [1.165, 1.54) is 17.0 Å². The molecule has 8 nitrogen and oxygen atoms in total. The molecule has 0 atom stereocenters. The van der Waals surface area contributed by atoms with Crippen LogP contribution in [0.2, 0.25) is 5.02 Å². The van der Waals surface area contributed by atoms with Gasteiger partial charge in [-0.25, -0.2) is 0 Å². The molecule has 0 aliphatic rings. The van der Waals surface area contributed by atoms with Gasteiger partial charge in [-0.2, -0.15) is 10.5 Å². The van der Waals surface area contributed by atoms with E-state index in [2.05, 4.69) is 0 Å². The van der Waals surface area contributed by atoms with Crippen LogP contribution in [0.5, 0.6) is 5.75 Å². The maximum atomic E-state index is 12.0. The molecule has 0 radical (unpaired) electrons. The Morgan fingerprint density at radius 2 is 1.91 bits per heavy atom. The molecule has 120 valence electrons. The number of carbonyl (C=O) groups excluding carboxylic acids is 1. The molecule has 0 heterocycles. The molecule has 0 saturated heterocycles. The van der Waals surface area contributed by atoms with Gasteiger partial charge in [-0.1, -0.05) is 11.6 Å². The van der Waals surface area contributed by atoms with Gasteiger partial charge in [-0.05, 0) is 6.07 Å². The molecule has 1 amide bonds. The van der Waals surface area contributed by atoms with Crippen molar-refractivity contribution in [2.24, 2.45) is 0 Å². The van der Waals surface area contributed by atoms with Gasteiger partial charge < -0.3 is 9.64 Å². The molecule has 0 saturated carbocycles. The number of hydrogen-bond acceptors (Lipinski definition) is 6. The van der Waals surface area contributed by atoms with Crippen LogP contribution in [0.15, 0.2) is 18.2 Å². The number of rotatable bonds is 8. The lowest BCUT2D eigenvalue weighted by Gasteiger charge is -2.20. The van der Waals surface area contributed by atoms with E-state index in [4.69, 9.17) is 26.9 Å². The average molecular weight is 337 g/mol. The number of benzene rings is 1. The summed E-state index contributed by atoms with van der Waals surface area (Å²) < 4.78 is 5.26. The first kappa shape index (κ1) is 18.2. The fourth-order valence-electron chi connectivity index (χ4n) is 1.68. The molecule has 0 aliphatic heterocycles. The molecule has 0 N–H and O–H groups in total. The molecule has 9 heteroatoms. The SMILES string of the molecule is N#CCCN(CCC#N)C(=O)COc1ccc([N+](=O)[O-])cc1Cl. The van der Waals surface area contributed by atoms with Crippen LogP contribution in [0, 0.1) is 32.8 Å². The van der Waals surface area contributed by atoms with Gasteiger partial charge in [-0.3, -0.25) is 14.9 Å². The highest BCUT2D eigenvalue weighted by molar-refractivity contribution is 6.32. The lowest BCUT2D eigenvalue weighted by Crippen LogP contribution is -2.36. The number of nitriles is 2. The maximum absolute atomic E-state index is 12.0. The predicted octanol–water partition coefficient (Wildman–Crippen LogP) is 2.28. The minimum absolute atomic E-state index is 0.0209. The summed E-state index contributed by atoms with van der Waals surface area (Å²) in [6.45, 7) is 0.0666. The summed E-state index contributed by atoms with van der Waals surface area (Å²) in [6.07, 6.45) is 0.297. The van der Waals surface area contributed by atoms with Crippen LogP contribution < -0.4 is 4.74 Å². The highest BCUT2D eigenvalue weighted by atomic mass is 35.5. The Bertz CT molecular complexity index is 648. The van der Waals surface area contributed by atoms with Crippen LogP contribution in [-0.4, -0.2) is 35.4 Å². The van der Waals surface area contributed by atoms with Crippen molar-refractivity contribution in [3.8, 4) is 17.9 Å². The summed E-state index contributed by atoms with van der Waals surface area (Å²) >= 11 is 5.86. The Morgan fingerprint density at radius 3 is 2.39 bits per heavy atom. The number of nitrogens with zero attached hydrogens (tertiary/aromatic N) is 4. The zero-order valence-electron chi connectivity index (χ0n) is 12.1. The molecule has 0 unspecified atom stereocenters. The molecule has 0 spiro atoms. The molecular weight excluding hydrogens is 324 g/mol. The van der Waals surface area contributed by atoms with Crippen LogP contribution in [0.3, 0.4) is 0 Å². The van der Waals surface area contributed by atoms with E-state index in [1.54, 1.807) is 0 Å². The van der Waals surface area contributed by atoms with Crippen molar-refractivity contribution in [3.63, 3.8) is 0 Å². The van der Waals surface area contributed by atoms with Crippen molar-refractivity contribution in [1.29, 1.82) is 10.5 Å². The van der Waals surface area contributed by atoms with E-state index in [0.29, 0.717) is 0 Å². The lowest BCUT2D eigenvalue weighted by molar-refractivity contribution is -0.384. The summed E-state index contributed by atoms with van der Waals surface area (Å²) in [7, 11) is 0. The van der Waals surface area contributed by atoms with Crippen LogP contribution in [0.4, 0.5) is 5.69 Å². The summed E-state index contributed by atoms with van der Waals surface area (Å²) in [5.74, 6) is -0.254. The first-order valence-electron chi connectivity index (χ1n) is 6.58. The van der Waals surface area contributed by atoms with E-state index >= 15 is 0 Å². The highest BCUT2D eigenvalue weighted by Gasteiger charge is 2.16. The Morgan fingerprint density at radius 1 is 1.30 bits per heavy atom. The van der Waals surface area contributed by atoms with Crippen LogP contribution in [-0.2, 0) is 4.79 Å². The Kier molecular flexibility index (Phi) is 7.31. The monoisotopic (exact) mass is 336 g/mol. The zero-order chi connectivity index (χ0) is 17.2. The number of carbonyl (C=O) groups is 1. The minimum atomic E-state index is -0.591. The second-order valence-corrected chi connectivity index (χ2v) is 4.76. The smallest absolute Gasteiger partial charge is 0.271 e. The number of non-ortho nitro benzene ring substituents is 1. The Labute approximate surface area is 137 Å². The molecule has 23 heavy (non-hydrogen) atoms. The van der Waals surface area contributed by atoms with Gasteiger partial charge in [0.25, 0.3) is 11.6 Å². The van der Waals surface area contributed by atoms with Crippen molar-refractivity contribution >= 4 is 23.2 Å². The minimum Gasteiger partial charge on any atom is -0.482 e. The first-order chi connectivity index (χ1) is 11.0. The van der Waals surface area contributed by atoms with E-state index in [1.807, 2.05) is 12.1 Å². The second-order valence-electron chi connectivity index (χ2n) is 4.36. The fraction of sp³-hybridized carbons (Fsp3) is 0.357. The Hall–Kier alpha value is -2.84. The van der Waals surface area contributed by atoms with E-state index in [0.717, 1.165) is 6.07 Å². The topological polar surface area (TPSA) is 120 Å². The van der Waals surface area contributed by atoms with Gasteiger partial charge in [0.15, 0.2) is 6.61 Å². The number of hydrogen-bond donors (Lipinski definition) is 0. The van der Waals surface area contributed by atoms with Gasteiger partial charge in [-0.15, -0.1) is 0 Å². The summed E-state index contributed by atoms with van der Waals surface area (Å²) in [5.41, 5.74) is -0.182. The standard InChI is InChI=1S/C14H13ClN4O4/c15-12-9-11(19(21)22)3-4-13(12)23-10-14(20)18(7-1-5-16)8-2-6-17/h3-4,9H,1-2,7-8,10H2. The van der Waals surface area contributed by atoms with E-state index in [-0.39, 0.29) is 49.0 Å². The summed E-state index contributed by atoms with van der Waals surface area (Å²) in [5, 5.41) is 27.8. The Balaban J connectivity index is 2.67. The predicted molar refractivity (Wildman–Crippen MR) is 80.6 cm³/mol. The third kappa shape index (κ3) is 5.81. The zero-order valence-corrected chi connectivity index (χ0v) is 12.8. The van der Waals surface area contributed by atoms with Gasteiger partial charge >= 0.3 is 0 Å². The number of halogens is 1. The largest absolute Gasteiger partial charge is 0.482 e. The van der Waals surface area contributed by atoms with Crippen molar-refractivity contribution < 1.29 is 14.5 Å². The summed E-state index contributed by atoms with van der Waals surface area (Å²) in [6, 6.07) is 7.51. The van der Waals surface area contributed by atoms with Crippen molar-refractivity contribution in [2.45, 2.75) is 12.8 Å². The number of nitro benzene ring substituents is 1. The highest BCUT2D eigenvalue weighted by Crippen LogP contribution is 2.28. The van der Waals surface area contributed by atoms with Crippen LogP contribution in [0.25, 0.3) is 0 Å². The van der Waals surface area contributed by atoms with Crippen molar-refractivity contribution in [2.75, 3.05) is 19.7 Å². The quantitative estimate of drug-likeness (QED) is 0.530. The third-order valence-electron chi connectivity index (χ3n) is 2.82. The van der Waals surface area contributed by atoms with Gasteiger partial charge in [0.2, 0.25) is 0 Å². The van der Waals surface area contributed by atoms with Crippen molar-refractivity contribution in [3.05, 3.63) is 33.3 Å². The first-order valence-corrected chi connectivity index (χ1v) is 6.95. The maximum Gasteiger partial charge on any atom is 0.271 e. The van der Waals surface area contributed by atoms with Crippen LogP contribution >= 0.6 is 11.6 Å². The lowest BCUT2D eigenvalue weighted by atomic mass is 10.3. The van der Waals surface area contributed by atoms with Gasteiger partial charge in [0.05, 0.1) is 34.9 Å². The third-order valence-corrected chi connectivity index (χ3v) is 3.11. The number of ether oxygens (including phenoxy) is 1. The van der Waals surface area contributed by atoms with Gasteiger partial charge in [0.1, 0.15) is 5.75 Å². The molecule has 1 rings (SSSR count). The molecule has 1 aromatic carbocycles. The molecule has 0 fully saturated rings. The van der Waals surface area contributed by atoms with E-state index < -0.39 is 10.8 Å². The van der Waals surface area contributed by atoms with E-state index in [9.17, 15) is 14.9 Å². The molecule has 0 bridgehead atoms. The van der Waals surface area contributed by atoms with Crippen molar-refractivity contribution in [1.82, 2.24) is 4.90 Å². The van der Waals surface area contributed by atoms with Gasteiger partial charge in [0, 0.05) is 25.2 Å². The fourth-order valence-corrected chi connectivity index (χ4v) is 1.91. The van der Waals surface area contributed by atoms with Crippen LogP contribution in [0.1, 0.15) is 12.8 Å². The molecule has 1 aromatic rings. The number of nitro groups is 1. The molecule has 0 aromatic heterocycles. The average Bonchev–Trinajstić information content (AvgIpc) is 2.53. The molecular formula is C14H13ClN4O4. The normalized spacial score (nSPS) is 9.52. The second kappa shape index (κ2) is 9.23. The number of amides is 1.